The van der Waals surface area contributed by atoms with Gasteiger partial charge in [-0.15, -0.1) is 11.8 Å². The number of methoxy groups -OCH3 is 1. The molecule has 0 radical (unpaired) electrons. The molecule has 0 saturated heterocycles. The van der Waals surface area contributed by atoms with E-state index in [1.54, 1.807) is 18.9 Å². The van der Waals surface area contributed by atoms with Gasteiger partial charge in [-0.3, -0.25) is 0 Å². The summed E-state index contributed by atoms with van der Waals surface area (Å²) < 4.78 is 6.28. The normalized spacial score (nSPS) is 13.8. The van der Waals surface area contributed by atoms with Crippen molar-refractivity contribution in [2.75, 3.05) is 7.11 Å². The van der Waals surface area contributed by atoms with Gasteiger partial charge in [0.2, 0.25) is 0 Å². The molecule has 2 rings (SSSR count). The molecule has 2 unspecified atom stereocenters. The molecule has 0 aliphatic carbocycles. The summed E-state index contributed by atoms with van der Waals surface area (Å²) in [7, 11) is 1.67. The first-order valence-corrected chi connectivity index (χ1v) is 8.09. The van der Waals surface area contributed by atoms with Gasteiger partial charge >= 0.3 is 0 Å². The van der Waals surface area contributed by atoms with Gasteiger partial charge in [0.05, 0.1) is 7.11 Å². The lowest BCUT2D eigenvalue weighted by atomic mass is 10.1. The van der Waals surface area contributed by atoms with E-state index in [1.807, 2.05) is 31.2 Å². The molecule has 0 saturated carbocycles. The van der Waals surface area contributed by atoms with Crippen molar-refractivity contribution in [1.82, 2.24) is 0 Å². The van der Waals surface area contributed by atoms with Crippen molar-refractivity contribution in [3.8, 4) is 5.75 Å². The van der Waals surface area contributed by atoms with Crippen LogP contribution in [-0.4, -0.2) is 13.2 Å². The van der Waals surface area contributed by atoms with Gasteiger partial charge in [-0.2, -0.15) is 0 Å². The molecule has 0 bridgehead atoms. The molecule has 0 aliphatic rings. The van der Waals surface area contributed by atoms with E-state index in [0.29, 0.717) is 0 Å². The van der Waals surface area contributed by atoms with E-state index in [9.17, 15) is 0 Å². The molecule has 4 heteroatoms. The maximum atomic E-state index is 6.16. The molecule has 0 spiro atoms. The largest absolute Gasteiger partial charge is 0.497 e. The van der Waals surface area contributed by atoms with E-state index in [-0.39, 0.29) is 11.3 Å². The highest BCUT2D eigenvalue weighted by molar-refractivity contribution is 9.10. The summed E-state index contributed by atoms with van der Waals surface area (Å²) in [6.07, 6.45) is 0. The van der Waals surface area contributed by atoms with Gasteiger partial charge in [0.15, 0.2) is 0 Å². The van der Waals surface area contributed by atoms with Gasteiger partial charge in [-0.25, -0.2) is 0 Å². The van der Waals surface area contributed by atoms with Crippen LogP contribution in [0.15, 0.2) is 57.9 Å². The van der Waals surface area contributed by atoms with Crippen LogP contribution in [0.4, 0.5) is 0 Å². The second-order valence-corrected chi connectivity index (χ2v) is 6.76. The van der Waals surface area contributed by atoms with Crippen LogP contribution in [0.3, 0.4) is 0 Å². The van der Waals surface area contributed by atoms with Crippen molar-refractivity contribution >= 4 is 27.7 Å². The fraction of sp³-hybridized carbons (Fsp3) is 0.250. The lowest BCUT2D eigenvalue weighted by Crippen LogP contribution is -2.22. The van der Waals surface area contributed by atoms with Crippen molar-refractivity contribution in [2.45, 2.75) is 23.1 Å². The molecular weight excluding hydrogens is 334 g/mol. The Hall–Kier alpha value is -0.970. The Kier molecular flexibility index (Phi) is 5.52. The smallest absolute Gasteiger partial charge is 0.118 e. The minimum atomic E-state index is 0.0624. The third-order valence-electron chi connectivity index (χ3n) is 2.98. The molecule has 2 atom stereocenters. The summed E-state index contributed by atoms with van der Waals surface area (Å²) in [5, 5.41) is 0.218. The monoisotopic (exact) mass is 351 g/mol. The molecule has 20 heavy (non-hydrogen) atoms. The van der Waals surface area contributed by atoms with E-state index in [0.717, 1.165) is 10.2 Å². The number of rotatable bonds is 5. The van der Waals surface area contributed by atoms with E-state index in [2.05, 4.69) is 40.2 Å². The summed E-state index contributed by atoms with van der Waals surface area (Å²) in [4.78, 5) is 1.21. The van der Waals surface area contributed by atoms with Crippen LogP contribution in [0.1, 0.15) is 17.7 Å². The zero-order valence-corrected chi connectivity index (χ0v) is 13.9. The van der Waals surface area contributed by atoms with Gasteiger partial charge in [0.1, 0.15) is 5.75 Å². The lowest BCUT2D eigenvalue weighted by molar-refractivity contribution is 0.414. The Morgan fingerprint density at radius 1 is 1.15 bits per heavy atom. The van der Waals surface area contributed by atoms with Gasteiger partial charge in [-0.1, -0.05) is 34.1 Å². The molecule has 0 aromatic heterocycles. The quantitative estimate of drug-likeness (QED) is 0.797. The minimum Gasteiger partial charge on any atom is -0.497 e. The van der Waals surface area contributed by atoms with Crippen molar-refractivity contribution in [3.05, 3.63) is 58.6 Å². The molecule has 0 aliphatic heterocycles. The zero-order chi connectivity index (χ0) is 14.5. The van der Waals surface area contributed by atoms with Crippen LogP contribution in [0.5, 0.6) is 5.75 Å². The highest BCUT2D eigenvalue weighted by Gasteiger charge is 2.18. The van der Waals surface area contributed by atoms with E-state index >= 15 is 0 Å². The highest BCUT2D eigenvalue weighted by atomic mass is 79.9. The molecule has 2 aromatic rings. The lowest BCUT2D eigenvalue weighted by Gasteiger charge is -2.21. The van der Waals surface area contributed by atoms with Crippen molar-refractivity contribution in [3.63, 3.8) is 0 Å². The molecular formula is C16H18BrNOS. The standard InChI is InChI=1S/C16H18BrNOS/c1-11(18)16(12-6-8-14(19-2)9-7-12)20-15-5-3-4-13(17)10-15/h3-11,16H,18H2,1-2H3. The van der Waals surface area contributed by atoms with Crippen LogP contribution >= 0.6 is 27.7 Å². The Bertz CT molecular complexity index is 557. The number of ether oxygens (including phenoxy) is 1. The average Bonchev–Trinajstić information content (AvgIpc) is 2.45. The number of nitrogens with two attached hydrogens (primary N) is 1. The summed E-state index contributed by atoms with van der Waals surface area (Å²) >= 11 is 5.28. The Morgan fingerprint density at radius 3 is 2.40 bits per heavy atom. The van der Waals surface area contributed by atoms with Gasteiger partial charge in [-0.05, 0) is 42.8 Å². The first-order valence-electron chi connectivity index (χ1n) is 6.42. The van der Waals surface area contributed by atoms with Crippen LogP contribution in [0.2, 0.25) is 0 Å². The molecule has 2 aromatic carbocycles. The molecule has 2 nitrogen and oxygen atoms in total. The SMILES string of the molecule is COc1ccc(C(Sc2cccc(Br)c2)C(C)N)cc1. The van der Waals surface area contributed by atoms with Crippen LogP contribution in [0.25, 0.3) is 0 Å². The first-order chi connectivity index (χ1) is 9.60. The second kappa shape index (κ2) is 7.16. The van der Waals surface area contributed by atoms with Gasteiger partial charge in [0.25, 0.3) is 0 Å². The molecule has 106 valence electrons. The van der Waals surface area contributed by atoms with Crippen molar-refractivity contribution < 1.29 is 4.74 Å². The molecule has 2 N–H and O–H groups in total. The van der Waals surface area contributed by atoms with Crippen LogP contribution in [0, 0.1) is 0 Å². The Morgan fingerprint density at radius 2 is 1.85 bits per heavy atom. The van der Waals surface area contributed by atoms with E-state index in [4.69, 9.17) is 10.5 Å². The van der Waals surface area contributed by atoms with Crippen molar-refractivity contribution in [1.29, 1.82) is 0 Å². The topological polar surface area (TPSA) is 35.2 Å². The third kappa shape index (κ3) is 4.01. The second-order valence-electron chi connectivity index (χ2n) is 4.63. The summed E-state index contributed by atoms with van der Waals surface area (Å²) in [5.41, 5.74) is 7.38. The Balaban J connectivity index is 2.22. The number of hydrogen-bond donors (Lipinski definition) is 1. The molecule has 0 amide bonds. The third-order valence-corrected chi connectivity index (χ3v) is 4.96. The summed E-state index contributed by atoms with van der Waals surface area (Å²) in [5.74, 6) is 0.865. The maximum Gasteiger partial charge on any atom is 0.118 e. The predicted molar refractivity (Wildman–Crippen MR) is 89.4 cm³/mol. The van der Waals surface area contributed by atoms with Crippen LogP contribution in [-0.2, 0) is 0 Å². The highest BCUT2D eigenvalue weighted by Crippen LogP contribution is 2.38. The zero-order valence-electron chi connectivity index (χ0n) is 11.5. The van der Waals surface area contributed by atoms with Crippen molar-refractivity contribution in [2.24, 2.45) is 5.73 Å². The van der Waals surface area contributed by atoms with Crippen LogP contribution < -0.4 is 10.5 Å². The fourth-order valence-electron chi connectivity index (χ4n) is 1.96. The molecule has 0 heterocycles. The predicted octanol–water partition coefficient (Wildman–Crippen LogP) is 4.64. The number of halogens is 1. The number of hydrogen-bond acceptors (Lipinski definition) is 3. The molecule has 0 fully saturated rings. The van der Waals surface area contributed by atoms with Gasteiger partial charge in [0, 0.05) is 20.7 Å². The summed E-state index contributed by atoms with van der Waals surface area (Å²) in [6, 6.07) is 16.5. The first kappa shape index (κ1) is 15.4. The number of benzene rings is 2. The minimum absolute atomic E-state index is 0.0624. The van der Waals surface area contributed by atoms with Gasteiger partial charge < -0.3 is 10.5 Å². The fourth-order valence-corrected chi connectivity index (χ4v) is 3.66. The number of thioether (sulfide) groups is 1. The van der Waals surface area contributed by atoms with E-state index < -0.39 is 0 Å². The van der Waals surface area contributed by atoms with E-state index in [1.165, 1.54) is 10.5 Å². The maximum absolute atomic E-state index is 6.16. The Labute approximate surface area is 132 Å². The summed E-state index contributed by atoms with van der Waals surface area (Å²) in [6.45, 7) is 2.04. The average molecular weight is 352 g/mol.